The van der Waals surface area contributed by atoms with Gasteiger partial charge >= 0.3 is 0 Å². The Balaban J connectivity index is 2.61. The van der Waals surface area contributed by atoms with Gasteiger partial charge in [0.15, 0.2) is 0 Å². The molecule has 0 spiro atoms. The van der Waals surface area contributed by atoms with Crippen molar-refractivity contribution < 1.29 is 0 Å². The van der Waals surface area contributed by atoms with Crippen LogP contribution in [-0.2, 0) is 0 Å². The van der Waals surface area contributed by atoms with Gasteiger partial charge in [-0.05, 0) is 108 Å². The predicted octanol–water partition coefficient (Wildman–Crippen LogP) is 4.17. The third-order valence-corrected chi connectivity index (χ3v) is 7.22. The smallest absolute Gasteiger partial charge is 0.0218 e. The maximum atomic E-state index is 2.80. The van der Waals surface area contributed by atoms with Gasteiger partial charge in [0.1, 0.15) is 0 Å². The van der Waals surface area contributed by atoms with E-state index in [0.717, 1.165) is 0 Å². The molecule has 0 saturated heterocycles. The Morgan fingerprint density at radius 2 is 1.35 bits per heavy atom. The summed E-state index contributed by atoms with van der Waals surface area (Å²) in [4.78, 5) is 0. The zero-order valence-electron chi connectivity index (χ0n) is 8.68. The van der Waals surface area contributed by atoms with E-state index >= 15 is 0 Å². The van der Waals surface area contributed by atoms with Crippen LogP contribution in [-0.4, -0.2) is 0 Å². The molecule has 0 bridgehead atoms. The van der Waals surface area contributed by atoms with Gasteiger partial charge in [0.2, 0.25) is 0 Å². The summed E-state index contributed by atoms with van der Waals surface area (Å²) in [7, 11) is 5.54. The molecule has 2 aromatic rings. The molecule has 0 aromatic heterocycles. The Hall–Kier alpha value is 1.49. The van der Waals surface area contributed by atoms with E-state index in [0.29, 0.717) is 0 Å². The molecule has 2 unspecified atom stereocenters. The predicted molar refractivity (Wildman–Crippen MR) is 109 cm³/mol. The lowest BCUT2D eigenvalue weighted by Crippen LogP contribution is -2.03. The number of rotatable bonds is 1. The molecule has 0 nitrogen and oxygen atoms in total. The molecule has 0 heterocycles. The lowest BCUT2D eigenvalue weighted by Gasteiger charge is -2.09. The number of hydrogen-bond acceptors (Lipinski definition) is 0. The highest BCUT2D eigenvalue weighted by Gasteiger charge is 2.08. The van der Waals surface area contributed by atoms with Crippen LogP contribution in [0.15, 0.2) is 30.3 Å². The SMILES string of the molecule is Pc1ccc(-c2cc(I)c(P)c(I)c2)c(I)c1. The van der Waals surface area contributed by atoms with Crippen LogP contribution in [0.4, 0.5) is 0 Å². The van der Waals surface area contributed by atoms with Crippen molar-refractivity contribution in [2.24, 2.45) is 0 Å². The highest BCUT2D eigenvalue weighted by molar-refractivity contribution is 14.1. The third kappa shape index (κ3) is 3.53. The van der Waals surface area contributed by atoms with Gasteiger partial charge in [0.05, 0.1) is 0 Å². The van der Waals surface area contributed by atoms with E-state index in [-0.39, 0.29) is 0 Å². The molecule has 2 aromatic carbocycles. The number of halogens is 3. The lowest BCUT2D eigenvalue weighted by atomic mass is 10.1. The second kappa shape index (κ2) is 6.29. The molecule has 0 N–H and O–H groups in total. The summed E-state index contributed by atoms with van der Waals surface area (Å²) >= 11 is 7.18. The molecule has 2 atom stereocenters. The summed E-state index contributed by atoms with van der Waals surface area (Å²) in [6.45, 7) is 0. The normalized spacial score (nSPS) is 10.6. The molecule has 0 aliphatic heterocycles. The van der Waals surface area contributed by atoms with E-state index in [4.69, 9.17) is 0 Å². The van der Waals surface area contributed by atoms with Gasteiger partial charge in [-0.2, -0.15) is 0 Å². The van der Waals surface area contributed by atoms with Crippen molar-refractivity contribution in [3.05, 3.63) is 41.0 Å². The quantitative estimate of drug-likeness (QED) is 0.343. The summed E-state index contributed by atoms with van der Waals surface area (Å²) in [5.41, 5.74) is 2.59. The van der Waals surface area contributed by atoms with Crippen LogP contribution in [0.3, 0.4) is 0 Å². The molecular weight excluding hydrogens is 587 g/mol. The van der Waals surface area contributed by atoms with E-state index in [2.05, 4.69) is 117 Å². The summed E-state index contributed by atoms with van der Waals surface area (Å²) in [6, 6.07) is 11.0. The zero-order valence-corrected chi connectivity index (χ0v) is 17.5. The summed E-state index contributed by atoms with van der Waals surface area (Å²) < 4.78 is 3.87. The zero-order chi connectivity index (χ0) is 12.6. The maximum Gasteiger partial charge on any atom is 0.0218 e. The maximum absolute atomic E-state index is 2.80. The standard InChI is InChI=1S/C12H9I3P2/c13-9-5-7(16)1-2-8(9)6-3-10(14)12(17)11(15)4-6/h1-5H,16-17H2. The van der Waals surface area contributed by atoms with Gasteiger partial charge in [0, 0.05) is 10.7 Å². The van der Waals surface area contributed by atoms with E-state index in [1.165, 1.54) is 32.4 Å². The first-order valence-corrected chi connectivity index (χ1v) is 9.18. The first kappa shape index (κ1) is 14.9. The van der Waals surface area contributed by atoms with Crippen molar-refractivity contribution >= 4 is 96.9 Å². The average Bonchev–Trinajstić information content (AvgIpc) is 2.25. The molecule has 0 aliphatic carbocycles. The van der Waals surface area contributed by atoms with Crippen LogP contribution < -0.4 is 10.6 Å². The van der Waals surface area contributed by atoms with Gasteiger partial charge in [0.25, 0.3) is 0 Å². The van der Waals surface area contributed by atoms with Crippen LogP contribution in [0.1, 0.15) is 0 Å². The minimum atomic E-state index is 1.23. The molecule has 0 saturated carbocycles. The minimum absolute atomic E-state index is 1.23. The van der Waals surface area contributed by atoms with Crippen molar-refractivity contribution in [1.29, 1.82) is 0 Å². The van der Waals surface area contributed by atoms with E-state index in [1.54, 1.807) is 0 Å². The summed E-state index contributed by atoms with van der Waals surface area (Å²) in [6.07, 6.45) is 0. The van der Waals surface area contributed by atoms with Gasteiger partial charge in [-0.1, -0.05) is 12.1 Å². The fourth-order valence-electron chi connectivity index (χ4n) is 1.51. The average molecular weight is 596 g/mol. The Morgan fingerprint density at radius 1 is 0.765 bits per heavy atom. The van der Waals surface area contributed by atoms with Crippen LogP contribution in [0.5, 0.6) is 0 Å². The van der Waals surface area contributed by atoms with Crippen molar-refractivity contribution in [2.45, 2.75) is 0 Å². The summed E-state index contributed by atoms with van der Waals surface area (Å²) in [5, 5.41) is 2.51. The fraction of sp³-hybridized carbons (Fsp3) is 0. The first-order valence-electron chi connectivity index (χ1n) is 4.79. The topological polar surface area (TPSA) is 0 Å². The van der Waals surface area contributed by atoms with Gasteiger partial charge in [-0.15, -0.1) is 18.5 Å². The molecule has 88 valence electrons. The Kier molecular flexibility index (Phi) is 5.51. The van der Waals surface area contributed by atoms with Crippen molar-refractivity contribution in [3.8, 4) is 11.1 Å². The highest BCUT2D eigenvalue weighted by atomic mass is 127. The Bertz CT molecular complexity index is 559. The molecule has 0 aliphatic rings. The van der Waals surface area contributed by atoms with Gasteiger partial charge in [-0.3, -0.25) is 0 Å². The molecule has 0 fully saturated rings. The van der Waals surface area contributed by atoms with Crippen molar-refractivity contribution in [1.82, 2.24) is 0 Å². The van der Waals surface area contributed by atoms with E-state index in [1.807, 2.05) is 0 Å². The number of hydrogen-bond donors (Lipinski definition) is 0. The molecular formula is C12H9I3P2. The van der Waals surface area contributed by atoms with E-state index < -0.39 is 0 Å². The van der Waals surface area contributed by atoms with Crippen LogP contribution >= 0.6 is 86.3 Å². The number of benzene rings is 2. The Labute approximate surface area is 147 Å². The monoisotopic (exact) mass is 596 g/mol. The minimum Gasteiger partial charge on any atom is -0.106 e. The largest absolute Gasteiger partial charge is 0.106 e. The summed E-state index contributed by atoms with van der Waals surface area (Å²) in [5.74, 6) is 0. The highest BCUT2D eigenvalue weighted by Crippen LogP contribution is 2.28. The van der Waals surface area contributed by atoms with Gasteiger partial charge in [-0.25, -0.2) is 0 Å². The lowest BCUT2D eigenvalue weighted by molar-refractivity contribution is 1.58. The second-order valence-corrected chi connectivity index (χ2v) is 8.32. The van der Waals surface area contributed by atoms with Crippen LogP contribution in [0, 0.1) is 10.7 Å². The van der Waals surface area contributed by atoms with Crippen LogP contribution in [0.2, 0.25) is 0 Å². The molecule has 17 heavy (non-hydrogen) atoms. The molecule has 0 amide bonds. The molecule has 2 rings (SSSR count). The van der Waals surface area contributed by atoms with Crippen molar-refractivity contribution in [3.63, 3.8) is 0 Å². The van der Waals surface area contributed by atoms with Crippen LogP contribution in [0.25, 0.3) is 11.1 Å². The Morgan fingerprint density at radius 3 is 1.88 bits per heavy atom. The first-order chi connectivity index (χ1) is 7.99. The molecule has 0 radical (unpaired) electrons. The fourth-order valence-corrected chi connectivity index (χ4v) is 4.89. The molecule has 5 heteroatoms. The third-order valence-electron chi connectivity index (χ3n) is 2.38. The second-order valence-electron chi connectivity index (χ2n) is 3.59. The van der Waals surface area contributed by atoms with E-state index in [9.17, 15) is 0 Å². The van der Waals surface area contributed by atoms with Crippen molar-refractivity contribution in [2.75, 3.05) is 0 Å². The van der Waals surface area contributed by atoms with Gasteiger partial charge < -0.3 is 0 Å².